The third-order valence-corrected chi connectivity index (χ3v) is 3.61. The van der Waals surface area contributed by atoms with Gasteiger partial charge in [-0.25, -0.2) is 9.97 Å². The zero-order valence-corrected chi connectivity index (χ0v) is 11.7. The number of nitrogens with two attached hydrogens (primary N) is 1. The highest BCUT2D eigenvalue weighted by Crippen LogP contribution is 2.23. The summed E-state index contributed by atoms with van der Waals surface area (Å²) in [5.41, 5.74) is 5.80. The normalized spacial score (nSPS) is 17.1. The summed E-state index contributed by atoms with van der Waals surface area (Å²) < 4.78 is 5.65. The minimum atomic E-state index is 0.394. The molecule has 1 fully saturated rings. The van der Waals surface area contributed by atoms with Gasteiger partial charge < -0.3 is 15.4 Å². The van der Waals surface area contributed by atoms with Crippen LogP contribution in [0.2, 0.25) is 0 Å². The van der Waals surface area contributed by atoms with E-state index < -0.39 is 0 Å². The van der Waals surface area contributed by atoms with E-state index >= 15 is 0 Å². The number of hydrogen-bond acceptors (Lipinski definition) is 6. The van der Waals surface area contributed by atoms with Crippen molar-refractivity contribution in [3.8, 4) is 0 Å². The van der Waals surface area contributed by atoms with Crippen LogP contribution < -0.4 is 10.6 Å². The fourth-order valence-electron chi connectivity index (χ4n) is 2.17. The van der Waals surface area contributed by atoms with E-state index in [1.807, 2.05) is 19.2 Å². The fourth-order valence-corrected chi connectivity index (χ4v) is 2.55. The van der Waals surface area contributed by atoms with Gasteiger partial charge in [-0.1, -0.05) is 11.8 Å². The fraction of sp³-hybridized carbons (Fsp3) is 0.667. The standard InChI is InChI=1S/C12H20N4OS/c1-3-17-9-4-6-16(7-5-9)11-8-10(13)14-12(15-11)18-2/h8-9H,3-7H2,1-2H3,(H2,13,14,15). The molecule has 0 radical (unpaired) electrons. The van der Waals surface area contributed by atoms with Crippen LogP contribution in [-0.2, 0) is 4.74 Å². The number of aromatic nitrogens is 2. The smallest absolute Gasteiger partial charge is 0.191 e. The Labute approximate surface area is 112 Å². The highest BCUT2D eigenvalue weighted by molar-refractivity contribution is 7.98. The Balaban J connectivity index is 2.02. The molecule has 0 atom stereocenters. The molecule has 0 spiro atoms. The molecule has 1 aromatic heterocycles. The number of piperidine rings is 1. The molecule has 0 amide bonds. The Kier molecular flexibility index (Phi) is 4.66. The van der Waals surface area contributed by atoms with Crippen LogP contribution in [0.25, 0.3) is 0 Å². The molecular formula is C12H20N4OS. The van der Waals surface area contributed by atoms with Gasteiger partial charge in [0.2, 0.25) is 0 Å². The Morgan fingerprint density at radius 3 is 2.78 bits per heavy atom. The second kappa shape index (κ2) is 6.24. The molecule has 1 aliphatic rings. The predicted octanol–water partition coefficient (Wildman–Crippen LogP) is 1.79. The van der Waals surface area contributed by atoms with Crippen LogP contribution in [0.1, 0.15) is 19.8 Å². The number of rotatable bonds is 4. The molecule has 100 valence electrons. The van der Waals surface area contributed by atoms with Gasteiger partial charge in [-0.3, -0.25) is 0 Å². The van der Waals surface area contributed by atoms with E-state index in [1.165, 1.54) is 11.8 Å². The largest absolute Gasteiger partial charge is 0.383 e. The van der Waals surface area contributed by atoms with Crippen LogP contribution in [-0.4, -0.2) is 42.0 Å². The average molecular weight is 268 g/mol. The summed E-state index contributed by atoms with van der Waals surface area (Å²) in [4.78, 5) is 10.9. The van der Waals surface area contributed by atoms with Crippen LogP contribution in [0.4, 0.5) is 11.6 Å². The first kappa shape index (κ1) is 13.4. The maximum Gasteiger partial charge on any atom is 0.191 e. The number of nitrogens with zero attached hydrogens (tertiary/aromatic N) is 3. The lowest BCUT2D eigenvalue weighted by atomic mass is 10.1. The number of anilines is 2. The molecule has 0 unspecified atom stereocenters. The van der Waals surface area contributed by atoms with Crippen molar-refractivity contribution >= 4 is 23.4 Å². The van der Waals surface area contributed by atoms with E-state index in [-0.39, 0.29) is 0 Å². The Morgan fingerprint density at radius 1 is 1.44 bits per heavy atom. The molecule has 6 heteroatoms. The molecule has 2 heterocycles. The van der Waals surface area contributed by atoms with Crippen molar-refractivity contribution in [3.63, 3.8) is 0 Å². The van der Waals surface area contributed by atoms with Gasteiger partial charge in [0.05, 0.1) is 6.10 Å². The third-order valence-electron chi connectivity index (χ3n) is 3.06. The SMILES string of the molecule is CCOC1CCN(c2cc(N)nc(SC)n2)CC1. The van der Waals surface area contributed by atoms with Gasteiger partial charge in [0.15, 0.2) is 5.16 Å². The zero-order chi connectivity index (χ0) is 13.0. The quantitative estimate of drug-likeness (QED) is 0.663. The topological polar surface area (TPSA) is 64.3 Å². The minimum absolute atomic E-state index is 0.394. The van der Waals surface area contributed by atoms with Gasteiger partial charge in [0.1, 0.15) is 11.6 Å². The van der Waals surface area contributed by atoms with Crippen LogP contribution in [0, 0.1) is 0 Å². The van der Waals surface area contributed by atoms with Crippen molar-refractivity contribution in [1.82, 2.24) is 9.97 Å². The van der Waals surface area contributed by atoms with E-state index in [9.17, 15) is 0 Å². The number of hydrogen-bond donors (Lipinski definition) is 1. The van der Waals surface area contributed by atoms with Crippen molar-refractivity contribution in [2.75, 3.05) is 36.6 Å². The monoisotopic (exact) mass is 268 g/mol. The van der Waals surface area contributed by atoms with Crippen molar-refractivity contribution in [1.29, 1.82) is 0 Å². The zero-order valence-electron chi connectivity index (χ0n) is 10.9. The highest BCUT2D eigenvalue weighted by atomic mass is 32.2. The van der Waals surface area contributed by atoms with E-state index in [0.29, 0.717) is 11.9 Å². The van der Waals surface area contributed by atoms with E-state index in [2.05, 4.69) is 14.9 Å². The van der Waals surface area contributed by atoms with Gasteiger partial charge in [0.25, 0.3) is 0 Å². The second-order valence-corrected chi connectivity index (χ2v) is 5.05. The first-order valence-electron chi connectivity index (χ1n) is 6.28. The van der Waals surface area contributed by atoms with Gasteiger partial charge in [-0.15, -0.1) is 0 Å². The summed E-state index contributed by atoms with van der Waals surface area (Å²) in [6, 6.07) is 1.85. The molecule has 5 nitrogen and oxygen atoms in total. The molecule has 2 rings (SSSR count). The molecule has 0 aliphatic carbocycles. The average Bonchev–Trinajstić information content (AvgIpc) is 2.39. The van der Waals surface area contributed by atoms with E-state index in [4.69, 9.17) is 10.5 Å². The van der Waals surface area contributed by atoms with E-state index in [0.717, 1.165) is 43.5 Å². The molecule has 1 saturated heterocycles. The summed E-state index contributed by atoms with van der Waals surface area (Å²) in [6.45, 7) is 4.77. The van der Waals surface area contributed by atoms with Crippen molar-refractivity contribution in [3.05, 3.63) is 6.07 Å². The molecule has 1 aliphatic heterocycles. The number of nitrogen functional groups attached to an aromatic ring is 1. The molecule has 0 aromatic carbocycles. The van der Waals surface area contributed by atoms with Gasteiger partial charge in [0, 0.05) is 25.8 Å². The predicted molar refractivity (Wildman–Crippen MR) is 75.1 cm³/mol. The summed E-state index contributed by atoms with van der Waals surface area (Å²) in [7, 11) is 0. The highest BCUT2D eigenvalue weighted by Gasteiger charge is 2.20. The summed E-state index contributed by atoms with van der Waals surface area (Å²) in [6.07, 6.45) is 4.45. The lowest BCUT2D eigenvalue weighted by Crippen LogP contribution is -2.37. The summed E-state index contributed by atoms with van der Waals surface area (Å²) in [5.74, 6) is 1.47. The number of ether oxygens (including phenoxy) is 1. The van der Waals surface area contributed by atoms with Gasteiger partial charge in [-0.05, 0) is 26.0 Å². The molecule has 2 N–H and O–H groups in total. The van der Waals surface area contributed by atoms with Crippen molar-refractivity contribution in [2.45, 2.75) is 31.0 Å². The van der Waals surface area contributed by atoms with Crippen LogP contribution in [0.3, 0.4) is 0 Å². The molecule has 1 aromatic rings. The van der Waals surface area contributed by atoms with E-state index in [1.54, 1.807) is 0 Å². The first-order valence-corrected chi connectivity index (χ1v) is 7.50. The van der Waals surface area contributed by atoms with Crippen molar-refractivity contribution in [2.24, 2.45) is 0 Å². The molecular weight excluding hydrogens is 248 g/mol. The van der Waals surface area contributed by atoms with Crippen LogP contribution >= 0.6 is 11.8 Å². The lowest BCUT2D eigenvalue weighted by Gasteiger charge is -2.32. The maximum absolute atomic E-state index is 5.80. The maximum atomic E-state index is 5.80. The van der Waals surface area contributed by atoms with Gasteiger partial charge in [-0.2, -0.15) is 0 Å². The molecule has 0 bridgehead atoms. The van der Waals surface area contributed by atoms with Gasteiger partial charge >= 0.3 is 0 Å². The first-order chi connectivity index (χ1) is 8.72. The Morgan fingerprint density at radius 2 is 2.17 bits per heavy atom. The molecule has 18 heavy (non-hydrogen) atoms. The Hall–Kier alpha value is -1.01. The van der Waals surface area contributed by atoms with Crippen molar-refractivity contribution < 1.29 is 4.74 Å². The third kappa shape index (κ3) is 3.26. The van der Waals surface area contributed by atoms with Crippen LogP contribution in [0.5, 0.6) is 0 Å². The molecule has 0 saturated carbocycles. The minimum Gasteiger partial charge on any atom is -0.383 e. The summed E-state index contributed by atoms with van der Waals surface area (Å²) in [5, 5.41) is 0.733. The second-order valence-electron chi connectivity index (χ2n) is 4.28. The Bertz CT molecular complexity index is 394. The number of thioether (sulfide) groups is 1. The lowest BCUT2D eigenvalue weighted by molar-refractivity contribution is 0.0458. The van der Waals surface area contributed by atoms with Crippen LogP contribution in [0.15, 0.2) is 11.2 Å². The summed E-state index contributed by atoms with van der Waals surface area (Å²) >= 11 is 1.52.